The van der Waals surface area contributed by atoms with Gasteiger partial charge in [0.25, 0.3) is 0 Å². The quantitative estimate of drug-likeness (QED) is 0.743. The van der Waals surface area contributed by atoms with Gasteiger partial charge in [-0.05, 0) is 30.3 Å². The van der Waals surface area contributed by atoms with Crippen LogP contribution >= 0.6 is 0 Å². The summed E-state index contributed by atoms with van der Waals surface area (Å²) in [6.45, 7) is 0.544. The molecule has 0 bridgehead atoms. The number of carbonyl (C=O) groups excluding carboxylic acids is 1. The Balaban J connectivity index is 1.98. The van der Waals surface area contributed by atoms with Crippen LogP contribution in [0.25, 0.3) is 0 Å². The van der Waals surface area contributed by atoms with Crippen LogP contribution < -0.4 is 10.7 Å². The Kier molecular flexibility index (Phi) is 2.74. The summed E-state index contributed by atoms with van der Waals surface area (Å²) in [5.74, 6) is 0. The summed E-state index contributed by atoms with van der Waals surface area (Å²) >= 11 is 0. The zero-order chi connectivity index (χ0) is 11.4. The molecule has 2 N–H and O–H groups in total. The summed E-state index contributed by atoms with van der Waals surface area (Å²) < 4.78 is 0. The molecule has 0 radical (unpaired) electrons. The molecule has 2 amide bonds. The van der Waals surface area contributed by atoms with Gasteiger partial charge in [-0.2, -0.15) is 5.26 Å². The largest absolute Gasteiger partial charge is 0.340 e. The van der Waals surface area contributed by atoms with E-state index in [1.807, 2.05) is 12.1 Å². The highest BCUT2D eigenvalue weighted by Gasteiger charge is 2.13. The SMILES string of the molecule is N#Cc1ccc(NC(=O)N2CC=CN2)cc1. The van der Waals surface area contributed by atoms with E-state index >= 15 is 0 Å². The highest BCUT2D eigenvalue weighted by molar-refractivity contribution is 5.89. The topological polar surface area (TPSA) is 68.2 Å². The van der Waals surface area contributed by atoms with Crippen molar-refractivity contribution < 1.29 is 4.79 Å². The smallest absolute Gasteiger partial charge is 0.306 e. The minimum absolute atomic E-state index is 0.227. The number of nitrogens with zero attached hydrogens (tertiary/aromatic N) is 2. The van der Waals surface area contributed by atoms with Crippen LogP contribution in [0.15, 0.2) is 36.5 Å². The standard InChI is InChI=1S/C11H10N4O/c12-8-9-2-4-10(5-3-9)14-11(16)15-7-1-6-13-15/h1-6,13H,7H2,(H,14,16). The van der Waals surface area contributed by atoms with Gasteiger partial charge >= 0.3 is 6.03 Å². The maximum Gasteiger partial charge on any atom is 0.340 e. The van der Waals surface area contributed by atoms with Gasteiger partial charge in [0.05, 0.1) is 18.2 Å². The molecule has 1 heterocycles. The second-order valence-corrected chi connectivity index (χ2v) is 3.26. The third-order valence-electron chi connectivity index (χ3n) is 2.15. The number of hydrogen-bond acceptors (Lipinski definition) is 3. The molecule has 2 rings (SSSR count). The van der Waals surface area contributed by atoms with Crippen molar-refractivity contribution in [2.75, 3.05) is 11.9 Å². The van der Waals surface area contributed by atoms with Gasteiger partial charge < -0.3 is 10.7 Å². The summed E-state index contributed by atoms with van der Waals surface area (Å²) in [7, 11) is 0. The molecule has 0 aromatic heterocycles. The minimum Gasteiger partial charge on any atom is -0.306 e. The van der Waals surface area contributed by atoms with Crippen LogP contribution in [-0.2, 0) is 0 Å². The number of carbonyl (C=O) groups is 1. The van der Waals surface area contributed by atoms with Gasteiger partial charge in [0.1, 0.15) is 0 Å². The first-order valence-corrected chi connectivity index (χ1v) is 4.79. The normalized spacial score (nSPS) is 13.1. The van der Waals surface area contributed by atoms with Gasteiger partial charge in [-0.25, -0.2) is 9.80 Å². The average molecular weight is 214 g/mol. The predicted molar refractivity (Wildman–Crippen MR) is 59.2 cm³/mol. The fraction of sp³-hybridized carbons (Fsp3) is 0.0909. The lowest BCUT2D eigenvalue weighted by atomic mass is 10.2. The molecule has 80 valence electrons. The molecule has 1 aliphatic rings. The Labute approximate surface area is 92.9 Å². The van der Waals surface area contributed by atoms with Crippen LogP contribution in [0, 0.1) is 11.3 Å². The number of nitrogens with one attached hydrogen (secondary N) is 2. The molecule has 0 saturated carbocycles. The number of nitriles is 1. The van der Waals surface area contributed by atoms with E-state index in [-0.39, 0.29) is 6.03 Å². The van der Waals surface area contributed by atoms with Gasteiger partial charge in [-0.15, -0.1) is 0 Å². The molecule has 16 heavy (non-hydrogen) atoms. The van der Waals surface area contributed by atoms with E-state index in [1.54, 1.807) is 30.5 Å². The number of rotatable bonds is 1. The van der Waals surface area contributed by atoms with Crippen LogP contribution in [0.4, 0.5) is 10.5 Å². The van der Waals surface area contributed by atoms with Gasteiger partial charge in [-0.3, -0.25) is 0 Å². The van der Waals surface area contributed by atoms with Crippen molar-refractivity contribution in [2.24, 2.45) is 0 Å². The summed E-state index contributed by atoms with van der Waals surface area (Å²) in [6.07, 6.45) is 3.55. The maximum absolute atomic E-state index is 11.6. The molecule has 0 aliphatic carbocycles. The number of amides is 2. The van der Waals surface area contributed by atoms with E-state index in [4.69, 9.17) is 5.26 Å². The summed E-state index contributed by atoms with van der Waals surface area (Å²) in [6, 6.07) is 8.49. The molecule has 1 aromatic carbocycles. The zero-order valence-electron chi connectivity index (χ0n) is 8.47. The second kappa shape index (κ2) is 4.36. The lowest BCUT2D eigenvalue weighted by Crippen LogP contribution is -2.39. The first-order valence-electron chi connectivity index (χ1n) is 4.79. The Bertz CT molecular complexity index is 450. The van der Waals surface area contributed by atoms with Crippen LogP contribution in [0.2, 0.25) is 0 Å². The van der Waals surface area contributed by atoms with Gasteiger partial charge in [0.2, 0.25) is 0 Å². The Hall–Kier alpha value is -2.48. The second-order valence-electron chi connectivity index (χ2n) is 3.26. The lowest BCUT2D eigenvalue weighted by Gasteiger charge is -2.16. The van der Waals surface area contributed by atoms with E-state index in [1.165, 1.54) is 5.01 Å². The Morgan fingerprint density at radius 3 is 2.75 bits per heavy atom. The number of hydrogen-bond donors (Lipinski definition) is 2. The van der Waals surface area contributed by atoms with Crippen LogP contribution in [-0.4, -0.2) is 17.6 Å². The van der Waals surface area contributed by atoms with Crippen LogP contribution in [0.5, 0.6) is 0 Å². The maximum atomic E-state index is 11.6. The minimum atomic E-state index is -0.227. The van der Waals surface area contributed by atoms with E-state index in [0.717, 1.165) is 0 Å². The Morgan fingerprint density at radius 1 is 1.44 bits per heavy atom. The third-order valence-corrected chi connectivity index (χ3v) is 2.15. The molecule has 0 fully saturated rings. The van der Waals surface area contributed by atoms with Gasteiger partial charge in [0, 0.05) is 11.9 Å². The van der Waals surface area contributed by atoms with E-state index in [0.29, 0.717) is 17.8 Å². The van der Waals surface area contributed by atoms with Crippen LogP contribution in [0.1, 0.15) is 5.56 Å². The lowest BCUT2D eigenvalue weighted by molar-refractivity contribution is 0.208. The fourth-order valence-electron chi connectivity index (χ4n) is 1.31. The van der Waals surface area contributed by atoms with Crippen molar-refractivity contribution >= 4 is 11.7 Å². The number of anilines is 1. The summed E-state index contributed by atoms with van der Waals surface area (Å²) in [5.41, 5.74) is 4.02. The van der Waals surface area contributed by atoms with Crippen molar-refractivity contribution in [3.8, 4) is 6.07 Å². The first-order chi connectivity index (χ1) is 7.79. The van der Waals surface area contributed by atoms with Crippen molar-refractivity contribution in [1.82, 2.24) is 10.4 Å². The van der Waals surface area contributed by atoms with Gasteiger partial charge in [0.15, 0.2) is 0 Å². The first kappa shape index (κ1) is 10.1. The van der Waals surface area contributed by atoms with E-state index in [9.17, 15) is 4.79 Å². The summed E-state index contributed by atoms with van der Waals surface area (Å²) in [4.78, 5) is 11.6. The molecule has 1 aliphatic heterocycles. The highest BCUT2D eigenvalue weighted by Crippen LogP contribution is 2.09. The number of hydrazine groups is 1. The predicted octanol–water partition coefficient (Wildman–Crippen LogP) is 1.42. The van der Waals surface area contributed by atoms with Crippen molar-refractivity contribution in [3.05, 3.63) is 42.1 Å². The molecular weight excluding hydrogens is 204 g/mol. The number of benzene rings is 1. The monoisotopic (exact) mass is 214 g/mol. The van der Waals surface area contributed by atoms with E-state index < -0.39 is 0 Å². The average Bonchev–Trinajstić information content (AvgIpc) is 2.83. The molecular formula is C11H10N4O. The zero-order valence-corrected chi connectivity index (χ0v) is 8.47. The van der Waals surface area contributed by atoms with E-state index in [2.05, 4.69) is 10.7 Å². The van der Waals surface area contributed by atoms with Crippen LogP contribution in [0.3, 0.4) is 0 Å². The summed E-state index contributed by atoms with van der Waals surface area (Å²) in [5, 5.41) is 12.8. The van der Waals surface area contributed by atoms with Crippen molar-refractivity contribution in [3.63, 3.8) is 0 Å². The number of urea groups is 1. The van der Waals surface area contributed by atoms with Crippen molar-refractivity contribution in [2.45, 2.75) is 0 Å². The third kappa shape index (κ3) is 2.12. The molecule has 5 heteroatoms. The van der Waals surface area contributed by atoms with Gasteiger partial charge in [-0.1, -0.05) is 0 Å². The molecule has 0 saturated heterocycles. The highest BCUT2D eigenvalue weighted by atomic mass is 16.2. The molecule has 0 atom stereocenters. The Morgan fingerprint density at radius 2 is 2.19 bits per heavy atom. The fourth-order valence-corrected chi connectivity index (χ4v) is 1.31. The van der Waals surface area contributed by atoms with Crippen molar-refractivity contribution in [1.29, 1.82) is 5.26 Å². The molecule has 1 aromatic rings. The molecule has 5 nitrogen and oxygen atoms in total. The molecule has 0 unspecified atom stereocenters. The molecule has 0 spiro atoms.